The SMILES string of the molecule is CCOC(=O)C1=C(CC)NC(=O)NC1c1ccc([N+](=O)[O-])cc1. The topological polar surface area (TPSA) is 111 Å². The van der Waals surface area contributed by atoms with Gasteiger partial charge in [-0.15, -0.1) is 0 Å². The van der Waals surface area contributed by atoms with Crippen LogP contribution in [0.3, 0.4) is 0 Å². The number of ether oxygens (including phenoxy) is 1. The maximum Gasteiger partial charge on any atom is 0.338 e. The van der Waals surface area contributed by atoms with Crippen LogP contribution in [0, 0.1) is 10.1 Å². The molecule has 1 unspecified atom stereocenters. The molecule has 1 aliphatic rings. The molecule has 0 saturated carbocycles. The maximum atomic E-state index is 12.3. The number of urea groups is 1. The first-order valence-corrected chi connectivity index (χ1v) is 7.19. The van der Waals surface area contributed by atoms with Crippen LogP contribution in [-0.2, 0) is 9.53 Å². The number of carbonyl (C=O) groups is 2. The van der Waals surface area contributed by atoms with Gasteiger partial charge in [0.1, 0.15) is 0 Å². The molecule has 0 saturated heterocycles. The van der Waals surface area contributed by atoms with E-state index in [1.165, 1.54) is 24.3 Å². The van der Waals surface area contributed by atoms with Crippen molar-refractivity contribution in [3.05, 3.63) is 51.2 Å². The van der Waals surface area contributed by atoms with E-state index in [1.807, 2.05) is 6.92 Å². The second-order valence-electron chi connectivity index (χ2n) is 4.85. The number of amides is 2. The summed E-state index contributed by atoms with van der Waals surface area (Å²) in [7, 11) is 0. The summed E-state index contributed by atoms with van der Waals surface area (Å²) in [6.45, 7) is 3.72. The van der Waals surface area contributed by atoms with E-state index in [0.717, 1.165) is 0 Å². The van der Waals surface area contributed by atoms with Crippen LogP contribution in [0.15, 0.2) is 35.5 Å². The van der Waals surface area contributed by atoms with Crippen molar-refractivity contribution in [2.45, 2.75) is 26.3 Å². The van der Waals surface area contributed by atoms with Crippen molar-refractivity contribution < 1.29 is 19.2 Å². The van der Waals surface area contributed by atoms with Crippen molar-refractivity contribution in [3.63, 3.8) is 0 Å². The molecule has 0 spiro atoms. The summed E-state index contributed by atoms with van der Waals surface area (Å²) in [6.07, 6.45) is 0.449. The van der Waals surface area contributed by atoms with Crippen LogP contribution in [0.2, 0.25) is 0 Å². The highest BCUT2D eigenvalue weighted by Gasteiger charge is 2.33. The van der Waals surface area contributed by atoms with Gasteiger partial charge in [-0.3, -0.25) is 10.1 Å². The Kier molecular flexibility index (Phi) is 4.95. The summed E-state index contributed by atoms with van der Waals surface area (Å²) in [5.74, 6) is -0.528. The Bertz CT molecular complexity index is 666. The van der Waals surface area contributed by atoms with E-state index in [4.69, 9.17) is 4.74 Å². The van der Waals surface area contributed by atoms with Gasteiger partial charge in [-0.25, -0.2) is 9.59 Å². The number of hydrogen-bond donors (Lipinski definition) is 2. The molecule has 0 fully saturated rings. The molecule has 122 valence electrons. The monoisotopic (exact) mass is 319 g/mol. The van der Waals surface area contributed by atoms with Crippen molar-refractivity contribution in [2.75, 3.05) is 6.61 Å². The fourth-order valence-electron chi connectivity index (χ4n) is 2.39. The summed E-state index contributed by atoms with van der Waals surface area (Å²) < 4.78 is 5.07. The molecular weight excluding hydrogens is 302 g/mol. The summed E-state index contributed by atoms with van der Waals surface area (Å²) in [4.78, 5) is 34.3. The van der Waals surface area contributed by atoms with E-state index in [-0.39, 0.29) is 12.3 Å². The van der Waals surface area contributed by atoms with E-state index in [1.54, 1.807) is 6.92 Å². The highest BCUT2D eigenvalue weighted by atomic mass is 16.6. The molecule has 2 rings (SSSR count). The maximum absolute atomic E-state index is 12.3. The Morgan fingerprint density at radius 2 is 1.96 bits per heavy atom. The van der Waals surface area contributed by atoms with Gasteiger partial charge in [0.05, 0.1) is 23.1 Å². The molecule has 1 heterocycles. The number of rotatable bonds is 5. The predicted molar refractivity (Wildman–Crippen MR) is 81.5 cm³/mol. The molecule has 2 N–H and O–H groups in total. The molecule has 0 aromatic heterocycles. The largest absolute Gasteiger partial charge is 0.463 e. The van der Waals surface area contributed by atoms with Crippen molar-refractivity contribution in [3.8, 4) is 0 Å². The number of nitrogens with zero attached hydrogens (tertiary/aromatic N) is 1. The Morgan fingerprint density at radius 1 is 1.30 bits per heavy atom. The lowest BCUT2D eigenvalue weighted by Gasteiger charge is -2.29. The van der Waals surface area contributed by atoms with E-state index < -0.39 is 23.0 Å². The van der Waals surface area contributed by atoms with Crippen LogP contribution >= 0.6 is 0 Å². The summed E-state index contributed by atoms with van der Waals surface area (Å²) >= 11 is 0. The molecule has 1 aliphatic heterocycles. The van der Waals surface area contributed by atoms with E-state index in [2.05, 4.69) is 10.6 Å². The number of esters is 1. The zero-order chi connectivity index (χ0) is 17.0. The van der Waals surface area contributed by atoms with E-state index in [9.17, 15) is 19.7 Å². The number of allylic oxidation sites excluding steroid dienone is 1. The van der Waals surface area contributed by atoms with E-state index >= 15 is 0 Å². The predicted octanol–water partition coefficient (Wildman–Crippen LogP) is 2.18. The Labute approximate surface area is 132 Å². The van der Waals surface area contributed by atoms with Crippen LogP contribution in [0.1, 0.15) is 31.9 Å². The third-order valence-corrected chi connectivity index (χ3v) is 3.44. The minimum Gasteiger partial charge on any atom is -0.463 e. The lowest BCUT2D eigenvalue weighted by molar-refractivity contribution is -0.384. The fourth-order valence-corrected chi connectivity index (χ4v) is 2.39. The Hall–Kier alpha value is -2.90. The standard InChI is InChI=1S/C15H17N3O5/c1-3-11-12(14(19)23-4-2)13(17-15(20)16-11)9-5-7-10(8-6-9)18(21)22/h5-8,13H,3-4H2,1-2H3,(H2,16,17,20). The minimum atomic E-state index is -0.710. The number of nitro groups is 1. The average molecular weight is 319 g/mol. The quantitative estimate of drug-likeness (QED) is 0.491. The lowest BCUT2D eigenvalue weighted by Crippen LogP contribution is -2.45. The van der Waals surface area contributed by atoms with Gasteiger partial charge < -0.3 is 15.4 Å². The lowest BCUT2D eigenvalue weighted by atomic mass is 9.94. The molecule has 0 aliphatic carbocycles. The van der Waals surface area contributed by atoms with Crippen LogP contribution in [0.5, 0.6) is 0 Å². The molecule has 1 atom stereocenters. The van der Waals surface area contributed by atoms with Crippen LogP contribution < -0.4 is 10.6 Å². The summed E-state index contributed by atoms with van der Waals surface area (Å²) in [5.41, 5.74) is 1.30. The number of carbonyl (C=O) groups excluding carboxylic acids is 2. The third kappa shape index (κ3) is 3.47. The highest BCUT2D eigenvalue weighted by molar-refractivity contribution is 5.95. The van der Waals surface area contributed by atoms with Crippen molar-refractivity contribution in [1.82, 2.24) is 10.6 Å². The smallest absolute Gasteiger partial charge is 0.338 e. The number of benzene rings is 1. The molecule has 1 aromatic carbocycles. The van der Waals surface area contributed by atoms with Crippen molar-refractivity contribution in [2.24, 2.45) is 0 Å². The van der Waals surface area contributed by atoms with Crippen molar-refractivity contribution >= 4 is 17.7 Å². The Morgan fingerprint density at radius 3 is 2.48 bits per heavy atom. The second-order valence-corrected chi connectivity index (χ2v) is 4.85. The molecule has 0 radical (unpaired) electrons. The summed E-state index contributed by atoms with van der Waals surface area (Å²) in [5, 5.41) is 16.0. The normalized spacial score (nSPS) is 17.3. The van der Waals surface area contributed by atoms with Gasteiger partial charge in [-0.05, 0) is 31.0 Å². The zero-order valence-corrected chi connectivity index (χ0v) is 12.8. The summed E-state index contributed by atoms with van der Waals surface area (Å²) in [6, 6.07) is 4.55. The highest BCUT2D eigenvalue weighted by Crippen LogP contribution is 2.29. The van der Waals surface area contributed by atoms with Gasteiger partial charge in [0.15, 0.2) is 0 Å². The number of nitrogens with one attached hydrogen (secondary N) is 2. The van der Waals surface area contributed by atoms with Crippen molar-refractivity contribution in [1.29, 1.82) is 0 Å². The third-order valence-electron chi connectivity index (χ3n) is 3.44. The van der Waals surface area contributed by atoms with Gasteiger partial charge in [0.25, 0.3) is 5.69 Å². The molecule has 1 aromatic rings. The van der Waals surface area contributed by atoms with Crippen LogP contribution in [0.25, 0.3) is 0 Å². The molecule has 2 amide bonds. The van der Waals surface area contributed by atoms with Gasteiger partial charge in [-0.1, -0.05) is 6.92 Å². The van der Waals surface area contributed by atoms with Crippen LogP contribution in [-0.4, -0.2) is 23.5 Å². The van der Waals surface area contributed by atoms with Gasteiger partial charge in [0, 0.05) is 17.8 Å². The van der Waals surface area contributed by atoms with Gasteiger partial charge in [0.2, 0.25) is 0 Å². The average Bonchev–Trinajstić information content (AvgIpc) is 2.54. The number of non-ortho nitro benzene ring substituents is 1. The second kappa shape index (κ2) is 6.91. The molecule has 8 heteroatoms. The first-order valence-electron chi connectivity index (χ1n) is 7.19. The molecule has 23 heavy (non-hydrogen) atoms. The zero-order valence-electron chi connectivity index (χ0n) is 12.8. The fraction of sp³-hybridized carbons (Fsp3) is 0.333. The number of nitro benzene ring substituents is 1. The molecule has 0 bridgehead atoms. The van der Waals surface area contributed by atoms with Crippen LogP contribution in [0.4, 0.5) is 10.5 Å². The molecule has 8 nitrogen and oxygen atoms in total. The minimum absolute atomic E-state index is 0.0635. The first-order chi connectivity index (χ1) is 11.0. The van der Waals surface area contributed by atoms with Gasteiger partial charge in [-0.2, -0.15) is 0 Å². The molecular formula is C15H17N3O5. The van der Waals surface area contributed by atoms with Gasteiger partial charge >= 0.3 is 12.0 Å². The number of hydrogen-bond acceptors (Lipinski definition) is 5. The first kappa shape index (κ1) is 16.5. The Balaban J connectivity index is 2.45. The van der Waals surface area contributed by atoms with E-state index in [0.29, 0.717) is 23.3 Å².